The Morgan fingerprint density at radius 3 is 1.82 bits per heavy atom. The quantitative estimate of drug-likeness (QED) is 0.201. The van der Waals surface area contributed by atoms with Crippen LogP contribution in [0.2, 0.25) is 0 Å². The molecule has 0 atom stereocenters. The zero-order valence-electron chi connectivity index (χ0n) is 24.4. The van der Waals surface area contributed by atoms with Gasteiger partial charge in [0, 0.05) is 39.8 Å². The standard InChI is InChI=1S/C39H27N5/c1-24-13-17-26(18-14-24)39-42-36-30-10-7-22-40-35(30)37-34(38(36)43(39)27-19-15-25(2)16-20-27)33(21-23-41-37)44-31-11-5-3-8-28(31)29-9-4-6-12-32(29)44/h3-23H,1-2H3. The Balaban J connectivity index is 1.54. The number of para-hydroxylation sites is 2. The summed E-state index contributed by atoms with van der Waals surface area (Å²) in [6.45, 7) is 4.23. The number of fused-ring (bicyclic) bond motifs is 9. The highest BCUT2D eigenvalue weighted by Gasteiger charge is 2.24. The first kappa shape index (κ1) is 24.8. The largest absolute Gasteiger partial charge is 0.308 e. The zero-order valence-corrected chi connectivity index (χ0v) is 24.4. The van der Waals surface area contributed by atoms with Gasteiger partial charge in [0.05, 0.1) is 38.7 Å². The number of aromatic nitrogens is 5. The summed E-state index contributed by atoms with van der Waals surface area (Å²) in [7, 11) is 0. The fourth-order valence-electron chi connectivity index (χ4n) is 6.70. The third kappa shape index (κ3) is 3.50. The second kappa shape index (κ2) is 9.35. The Hall–Kier alpha value is -5.81. The molecule has 5 nitrogen and oxygen atoms in total. The molecule has 208 valence electrons. The first-order valence-electron chi connectivity index (χ1n) is 14.9. The second-order valence-corrected chi connectivity index (χ2v) is 11.5. The Kier molecular flexibility index (Phi) is 5.26. The number of imidazole rings is 1. The van der Waals surface area contributed by atoms with E-state index < -0.39 is 0 Å². The van der Waals surface area contributed by atoms with Gasteiger partial charge in [0.1, 0.15) is 11.3 Å². The third-order valence-corrected chi connectivity index (χ3v) is 8.75. The van der Waals surface area contributed by atoms with Gasteiger partial charge in [-0.3, -0.25) is 14.5 Å². The summed E-state index contributed by atoms with van der Waals surface area (Å²) in [5.41, 5.74) is 11.5. The predicted octanol–water partition coefficient (Wildman–Crippen LogP) is 9.50. The van der Waals surface area contributed by atoms with Crippen molar-refractivity contribution in [3.63, 3.8) is 0 Å². The minimum absolute atomic E-state index is 0.849. The number of nitrogens with zero attached hydrogens (tertiary/aromatic N) is 5. The van der Waals surface area contributed by atoms with E-state index in [1.54, 1.807) is 0 Å². The molecule has 0 saturated heterocycles. The lowest BCUT2D eigenvalue weighted by Crippen LogP contribution is -2.02. The highest BCUT2D eigenvalue weighted by Crippen LogP contribution is 2.42. The van der Waals surface area contributed by atoms with E-state index in [1.165, 1.54) is 21.9 Å². The number of aryl methyl sites for hydroxylation is 2. The van der Waals surface area contributed by atoms with Gasteiger partial charge in [-0.05, 0) is 56.3 Å². The van der Waals surface area contributed by atoms with Crippen molar-refractivity contribution in [2.75, 3.05) is 0 Å². The summed E-state index contributed by atoms with van der Waals surface area (Å²) in [5, 5.41) is 4.44. The van der Waals surface area contributed by atoms with Crippen LogP contribution in [0.4, 0.5) is 0 Å². The summed E-state index contributed by atoms with van der Waals surface area (Å²) < 4.78 is 4.69. The van der Waals surface area contributed by atoms with Gasteiger partial charge < -0.3 is 4.57 Å². The molecule has 0 bridgehead atoms. The molecule has 0 fully saturated rings. The monoisotopic (exact) mass is 565 g/mol. The molecule has 0 aliphatic heterocycles. The summed E-state index contributed by atoms with van der Waals surface area (Å²) in [6, 6.07) is 40.8. The molecule has 0 saturated carbocycles. The molecule has 5 heteroatoms. The molecule has 9 rings (SSSR count). The topological polar surface area (TPSA) is 48.5 Å². The van der Waals surface area contributed by atoms with E-state index >= 15 is 0 Å². The van der Waals surface area contributed by atoms with E-state index in [9.17, 15) is 0 Å². The Morgan fingerprint density at radius 2 is 1.11 bits per heavy atom. The fraction of sp³-hybridized carbons (Fsp3) is 0.0513. The van der Waals surface area contributed by atoms with E-state index in [0.29, 0.717) is 0 Å². The number of hydrogen-bond acceptors (Lipinski definition) is 3. The molecule has 0 spiro atoms. The van der Waals surface area contributed by atoms with Crippen molar-refractivity contribution in [3.8, 4) is 22.8 Å². The first-order chi connectivity index (χ1) is 21.7. The van der Waals surface area contributed by atoms with E-state index in [-0.39, 0.29) is 0 Å². The zero-order chi connectivity index (χ0) is 29.4. The molecule has 0 amide bonds. The Morgan fingerprint density at radius 1 is 0.500 bits per heavy atom. The van der Waals surface area contributed by atoms with Crippen LogP contribution in [0.3, 0.4) is 0 Å². The molecule has 5 aromatic carbocycles. The Bertz CT molecular complexity index is 2500. The van der Waals surface area contributed by atoms with Crippen molar-refractivity contribution < 1.29 is 0 Å². The molecule has 44 heavy (non-hydrogen) atoms. The molecular weight excluding hydrogens is 538 g/mol. The second-order valence-electron chi connectivity index (χ2n) is 11.5. The van der Waals surface area contributed by atoms with Gasteiger partial charge in [-0.25, -0.2) is 4.98 Å². The molecule has 0 aliphatic carbocycles. The summed E-state index contributed by atoms with van der Waals surface area (Å²) in [4.78, 5) is 15.3. The number of benzene rings is 5. The number of pyridine rings is 2. The SMILES string of the molecule is Cc1ccc(-c2nc3c4cccnc4c4nccc(-n5c6ccccc6c6ccccc65)c4c3n2-c2ccc(C)cc2)cc1. The van der Waals surface area contributed by atoms with Gasteiger partial charge in [-0.15, -0.1) is 0 Å². The van der Waals surface area contributed by atoms with Crippen molar-refractivity contribution in [1.82, 2.24) is 24.1 Å². The predicted molar refractivity (Wildman–Crippen MR) is 181 cm³/mol. The number of hydrogen-bond donors (Lipinski definition) is 0. The smallest absolute Gasteiger partial charge is 0.145 e. The van der Waals surface area contributed by atoms with Gasteiger partial charge >= 0.3 is 0 Å². The minimum atomic E-state index is 0.849. The lowest BCUT2D eigenvalue weighted by molar-refractivity contribution is 1.10. The van der Waals surface area contributed by atoms with Crippen LogP contribution in [0.25, 0.3) is 77.4 Å². The van der Waals surface area contributed by atoms with Gasteiger partial charge in [-0.2, -0.15) is 0 Å². The van der Waals surface area contributed by atoms with E-state index in [0.717, 1.165) is 66.6 Å². The molecule has 4 aromatic heterocycles. The molecule has 0 radical (unpaired) electrons. The highest BCUT2D eigenvalue weighted by atomic mass is 15.1. The third-order valence-electron chi connectivity index (χ3n) is 8.75. The van der Waals surface area contributed by atoms with E-state index in [2.05, 4.69) is 132 Å². The maximum atomic E-state index is 5.42. The van der Waals surface area contributed by atoms with Gasteiger partial charge in [0.2, 0.25) is 0 Å². The van der Waals surface area contributed by atoms with Crippen LogP contribution in [-0.4, -0.2) is 24.1 Å². The molecular formula is C39H27N5. The van der Waals surface area contributed by atoms with Gasteiger partial charge in [0.25, 0.3) is 0 Å². The van der Waals surface area contributed by atoms with E-state index in [4.69, 9.17) is 15.0 Å². The van der Waals surface area contributed by atoms with Crippen LogP contribution in [0, 0.1) is 13.8 Å². The summed E-state index contributed by atoms with van der Waals surface area (Å²) >= 11 is 0. The van der Waals surface area contributed by atoms with Gasteiger partial charge in [-0.1, -0.05) is 83.9 Å². The van der Waals surface area contributed by atoms with Crippen molar-refractivity contribution in [1.29, 1.82) is 0 Å². The van der Waals surface area contributed by atoms with Crippen LogP contribution in [0.5, 0.6) is 0 Å². The van der Waals surface area contributed by atoms with Crippen LogP contribution in [0.15, 0.2) is 128 Å². The van der Waals surface area contributed by atoms with Gasteiger partial charge in [0.15, 0.2) is 0 Å². The van der Waals surface area contributed by atoms with Crippen molar-refractivity contribution in [2.45, 2.75) is 13.8 Å². The molecule has 0 unspecified atom stereocenters. The molecule has 0 aliphatic rings. The molecule has 4 heterocycles. The minimum Gasteiger partial charge on any atom is -0.308 e. The van der Waals surface area contributed by atoms with Crippen LogP contribution < -0.4 is 0 Å². The molecule has 0 N–H and O–H groups in total. The highest BCUT2D eigenvalue weighted by molar-refractivity contribution is 6.24. The average Bonchev–Trinajstić information content (AvgIpc) is 3.62. The summed E-state index contributed by atoms with van der Waals surface area (Å²) in [6.07, 6.45) is 3.76. The van der Waals surface area contributed by atoms with Crippen LogP contribution in [-0.2, 0) is 0 Å². The van der Waals surface area contributed by atoms with Crippen LogP contribution >= 0.6 is 0 Å². The average molecular weight is 566 g/mol. The normalized spacial score (nSPS) is 11.9. The van der Waals surface area contributed by atoms with Crippen molar-refractivity contribution >= 4 is 54.6 Å². The maximum absolute atomic E-state index is 5.42. The maximum Gasteiger partial charge on any atom is 0.145 e. The lowest BCUT2D eigenvalue weighted by Gasteiger charge is -2.16. The lowest BCUT2D eigenvalue weighted by atomic mass is 10.1. The number of rotatable bonds is 3. The first-order valence-corrected chi connectivity index (χ1v) is 14.9. The molecule has 9 aromatic rings. The van der Waals surface area contributed by atoms with E-state index in [1.807, 2.05) is 18.5 Å². The van der Waals surface area contributed by atoms with Crippen molar-refractivity contribution in [3.05, 3.63) is 139 Å². The summed E-state index contributed by atoms with van der Waals surface area (Å²) in [5.74, 6) is 0.888. The van der Waals surface area contributed by atoms with Crippen molar-refractivity contribution in [2.24, 2.45) is 0 Å². The fourth-order valence-corrected chi connectivity index (χ4v) is 6.70. The van der Waals surface area contributed by atoms with Crippen LogP contribution in [0.1, 0.15) is 11.1 Å². The Labute approximate surface area is 253 Å².